The second-order valence-corrected chi connectivity index (χ2v) is 5.16. The average Bonchev–Trinajstić information content (AvgIpc) is 3.19. The van der Waals surface area contributed by atoms with Gasteiger partial charge >= 0.3 is 0 Å². The van der Waals surface area contributed by atoms with Gasteiger partial charge in [0.25, 0.3) is 0 Å². The molecule has 1 aliphatic heterocycles. The summed E-state index contributed by atoms with van der Waals surface area (Å²) in [4.78, 5) is 13.8. The van der Waals surface area contributed by atoms with E-state index >= 15 is 0 Å². The van der Waals surface area contributed by atoms with Gasteiger partial charge in [-0.1, -0.05) is 19.8 Å². The number of nitrogens with zero attached hydrogens (tertiary/aromatic N) is 1. The maximum absolute atomic E-state index is 11.9. The Hall–Kier alpha value is -0.610. The summed E-state index contributed by atoms with van der Waals surface area (Å²) in [5.41, 5.74) is 0. The summed E-state index contributed by atoms with van der Waals surface area (Å²) in [6, 6.07) is 0.521. The third-order valence-corrected chi connectivity index (χ3v) is 3.71. The van der Waals surface area contributed by atoms with Gasteiger partial charge in [-0.3, -0.25) is 4.79 Å². The number of ether oxygens (including phenoxy) is 1. The Morgan fingerprint density at radius 3 is 2.71 bits per heavy atom. The molecule has 2 fully saturated rings. The quantitative estimate of drug-likeness (QED) is 0.753. The Balaban J connectivity index is 1.66. The summed E-state index contributed by atoms with van der Waals surface area (Å²) in [5.74, 6) is 1.15. The number of hydrogen-bond acceptors (Lipinski definition) is 3. The molecule has 1 aliphatic carbocycles. The first-order valence-electron chi connectivity index (χ1n) is 6.88. The van der Waals surface area contributed by atoms with Crippen LogP contribution in [0.25, 0.3) is 0 Å². The SMILES string of the molecule is CCC(CC1CC1)NCC(=O)N1CCOCC1. The van der Waals surface area contributed by atoms with Crippen molar-refractivity contribution >= 4 is 5.91 Å². The van der Waals surface area contributed by atoms with Crippen molar-refractivity contribution in [1.82, 2.24) is 10.2 Å². The number of amides is 1. The van der Waals surface area contributed by atoms with Gasteiger partial charge in [-0.05, 0) is 18.8 Å². The van der Waals surface area contributed by atoms with E-state index in [1.165, 1.54) is 19.3 Å². The highest BCUT2D eigenvalue weighted by Crippen LogP contribution is 2.33. The largest absolute Gasteiger partial charge is 0.378 e. The fourth-order valence-corrected chi connectivity index (χ4v) is 2.31. The molecule has 1 saturated heterocycles. The summed E-state index contributed by atoms with van der Waals surface area (Å²) in [6.07, 6.45) is 5.13. The lowest BCUT2D eigenvalue weighted by Crippen LogP contribution is -2.46. The van der Waals surface area contributed by atoms with Crippen molar-refractivity contribution in [2.75, 3.05) is 32.8 Å². The molecule has 0 aromatic carbocycles. The van der Waals surface area contributed by atoms with Crippen LogP contribution in [0, 0.1) is 5.92 Å². The molecule has 0 aromatic heterocycles. The fraction of sp³-hybridized carbons (Fsp3) is 0.923. The molecule has 1 N–H and O–H groups in total. The number of nitrogens with one attached hydrogen (secondary N) is 1. The molecule has 1 amide bonds. The van der Waals surface area contributed by atoms with Gasteiger partial charge in [-0.15, -0.1) is 0 Å². The van der Waals surface area contributed by atoms with Crippen LogP contribution in [0.2, 0.25) is 0 Å². The molecule has 2 aliphatic rings. The Morgan fingerprint density at radius 1 is 1.41 bits per heavy atom. The molecule has 0 radical (unpaired) electrons. The van der Waals surface area contributed by atoms with E-state index in [1.54, 1.807) is 0 Å². The van der Waals surface area contributed by atoms with Crippen LogP contribution in [0.5, 0.6) is 0 Å². The monoisotopic (exact) mass is 240 g/mol. The lowest BCUT2D eigenvalue weighted by molar-refractivity contribution is -0.134. The maximum Gasteiger partial charge on any atom is 0.236 e. The summed E-state index contributed by atoms with van der Waals surface area (Å²) >= 11 is 0. The third-order valence-electron chi connectivity index (χ3n) is 3.71. The molecule has 1 atom stereocenters. The lowest BCUT2D eigenvalue weighted by Gasteiger charge is -2.27. The van der Waals surface area contributed by atoms with Crippen LogP contribution in [0.4, 0.5) is 0 Å². The van der Waals surface area contributed by atoms with Crippen molar-refractivity contribution in [1.29, 1.82) is 0 Å². The molecule has 4 nitrogen and oxygen atoms in total. The Bertz CT molecular complexity index is 248. The Morgan fingerprint density at radius 2 is 2.12 bits per heavy atom. The van der Waals surface area contributed by atoms with Gasteiger partial charge in [0.1, 0.15) is 0 Å². The molecular formula is C13H24N2O2. The average molecular weight is 240 g/mol. The van der Waals surface area contributed by atoms with Crippen LogP contribution in [-0.4, -0.2) is 49.7 Å². The molecule has 17 heavy (non-hydrogen) atoms. The van der Waals surface area contributed by atoms with E-state index in [0.717, 1.165) is 25.4 Å². The van der Waals surface area contributed by atoms with Gasteiger partial charge in [-0.25, -0.2) is 0 Å². The van der Waals surface area contributed by atoms with Crippen LogP contribution in [-0.2, 0) is 9.53 Å². The maximum atomic E-state index is 11.9. The van der Waals surface area contributed by atoms with Crippen LogP contribution in [0.3, 0.4) is 0 Å². The molecule has 1 unspecified atom stereocenters. The zero-order valence-electron chi connectivity index (χ0n) is 10.8. The van der Waals surface area contributed by atoms with Gasteiger partial charge in [0.05, 0.1) is 19.8 Å². The first-order chi connectivity index (χ1) is 8.29. The van der Waals surface area contributed by atoms with E-state index in [1.807, 2.05) is 4.90 Å². The van der Waals surface area contributed by atoms with Crippen molar-refractivity contribution in [2.24, 2.45) is 5.92 Å². The minimum atomic E-state index is 0.225. The molecule has 1 heterocycles. The first kappa shape index (κ1) is 12.8. The van der Waals surface area contributed by atoms with Crippen molar-refractivity contribution in [3.8, 4) is 0 Å². The first-order valence-corrected chi connectivity index (χ1v) is 6.88. The Labute approximate surface area is 104 Å². The van der Waals surface area contributed by atoms with Crippen LogP contribution in [0.15, 0.2) is 0 Å². The van der Waals surface area contributed by atoms with Gasteiger partial charge < -0.3 is 15.0 Å². The molecule has 98 valence electrons. The van der Waals surface area contributed by atoms with Crippen LogP contribution in [0.1, 0.15) is 32.6 Å². The predicted molar refractivity (Wildman–Crippen MR) is 66.8 cm³/mol. The zero-order chi connectivity index (χ0) is 12.1. The number of carbonyl (C=O) groups is 1. The predicted octanol–water partition coefficient (Wildman–Crippen LogP) is 1.01. The summed E-state index contributed by atoms with van der Waals surface area (Å²) < 4.78 is 5.24. The molecular weight excluding hydrogens is 216 g/mol. The van der Waals surface area contributed by atoms with Gasteiger partial charge in [-0.2, -0.15) is 0 Å². The molecule has 1 saturated carbocycles. The van der Waals surface area contributed by atoms with Gasteiger partial charge in [0.2, 0.25) is 5.91 Å². The third kappa shape index (κ3) is 4.28. The molecule has 4 heteroatoms. The molecule has 2 rings (SSSR count). The van der Waals surface area contributed by atoms with E-state index in [2.05, 4.69) is 12.2 Å². The van der Waals surface area contributed by atoms with Crippen molar-refractivity contribution in [3.63, 3.8) is 0 Å². The highest BCUT2D eigenvalue weighted by atomic mass is 16.5. The second kappa shape index (κ2) is 6.36. The van der Waals surface area contributed by atoms with Crippen molar-refractivity contribution in [3.05, 3.63) is 0 Å². The molecule has 0 bridgehead atoms. The highest BCUT2D eigenvalue weighted by molar-refractivity contribution is 5.78. The number of hydrogen-bond donors (Lipinski definition) is 1. The van der Waals surface area contributed by atoms with Crippen molar-refractivity contribution in [2.45, 2.75) is 38.6 Å². The summed E-state index contributed by atoms with van der Waals surface area (Å²) in [5, 5.41) is 3.41. The van der Waals surface area contributed by atoms with E-state index < -0.39 is 0 Å². The summed E-state index contributed by atoms with van der Waals surface area (Å²) in [6.45, 7) is 5.56. The van der Waals surface area contributed by atoms with Gasteiger partial charge in [0.15, 0.2) is 0 Å². The van der Waals surface area contributed by atoms with Crippen molar-refractivity contribution < 1.29 is 9.53 Å². The van der Waals surface area contributed by atoms with Crippen LogP contribution < -0.4 is 5.32 Å². The van der Waals surface area contributed by atoms with E-state index in [0.29, 0.717) is 25.8 Å². The van der Waals surface area contributed by atoms with Gasteiger partial charge in [0, 0.05) is 19.1 Å². The minimum Gasteiger partial charge on any atom is -0.378 e. The topological polar surface area (TPSA) is 41.6 Å². The smallest absolute Gasteiger partial charge is 0.236 e. The van der Waals surface area contributed by atoms with E-state index in [-0.39, 0.29) is 5.91 Å². The normalized spacial score (nSPS) is 22.5. The Kier molecular flexibility index (Phi) is 4.80. The van der Waals surface area contributed by atoms with E-state index in [4.69, 9.17) is 4.74 Å². The number of carbonyl (C=O) groups excluding carboxylic acids is 1. The summed E-state index contributed by atoms with van der Waals surface area (Å²) in [7, 11) is 0. The highest BCUT2D eigenvalue weighted by Gasteiger charge is 2.25. The second-order valence-electron chi connectivity index (χ2n) is 5.16. The zero-order valence-corrected chi connectivity index (χ0v) is 10.8. The van der Waals surface area contributed by atoms with E-state index in [9.17, 15) is 4.79 Å². The fourth-order valence-electron chi connectivity index (χ4n) is 2.31. The van der Waals surface area contributed by atoms with Crippen LogP contribution >= 0.6 is 0 Å². The molecule has 0 aromatic rings. The number of rotatable bonds is 6. The number of morpholine rings is 1. The lowest BCUT2D eigenvalue weighted by atomic mass is 10.1. The molecule has 0 spiro atoms. The minimum absolute atomic E-state index is 0.225. The standard InChI is InChI=1S/C13H24N2O2/c1-2-12(9-11-3-4-11)14-10-13(16)15-5-7-17-8-6-15/h11-12,14H,2-10H2,1H3.